The van der Waals surface area contributed by atoms with Crippen LogP contribution in [0.25, 0.3) is 0 Å². The van der Waals surface area contributed by atoms with Crippen LogP contribution in [0.2, 0.25) is 0 Å². The SMILES string of the molecule is O=C(NCl)C(Cl)=C(Cl)Cl. The fourth-order valence-electron chi connectivity index (χ4n) is 0.127. The quantitative estimate of drug-likeness (QED) is 0.520. The van der Waals surface area contributed by atoms with E-state index in [0.717, 1.165) is 0 Å². The summed E-state index contributed by atoms with van der Waals surface area (Å²) in [5.74, 6) is -0.724. The molecule has 0 heterocycles. The Balaban J connectivity index is 4.21. The normalized spacial score (nSPS) is 8.44. The molecule has 0 spiro atoms. The van der Waals surface area contributed by atoms with E-state index in [1.165, 1.54) is 0 Å². The Bertz CT molecular complexity index is 150. The van der Waals surface area contributed by atoms with Crippen LogP contribution in [-0.4, -0.2) is 5.91 Å². The van der Waals surface area contributed by atoms with E-state index in [-0.39, 0.29) is 9.52 Å². The van der Waals surface area contributed by atoms with Crippen LogP contribution in [0.4, 0.5) is 0 Å². The molecule has 0 atom stereocenters. The molecule has 1 amide bonds. The Hall–Kier alpha value is 0.370. The van der Waals surface area contributed by atoms with E-state index >= 15 is 0 Å². The van der Waals surface area contributed by atoms with Gasteiger partial charge in [0, 0.05) is 11.8 Å². The first kappa shape index (κ1) is 9.37. The largest absolute Gasteiger partial charge is 0.279 e. The Morgan fingerprint density at radius 2 is 1.67 bits per heavy atom. The highest BCUT2D eigenvalue weighted by atomic mass is 35.5. The molecule has 0 aromatic heterocycles. The summed E-state index contributed by atoms with van der Waals surface area (Å²) in [5.41, 5.74) is 0. The molecule has 6 heteroatoms. The van der Waals surface area contributed by atoms with E-state index < -0.39 is 5.91 Å². The summed E-state index contributed by atoms with van der Waals surface area (Å²) in [4.78, 5) is 12.1. The molecule has 1 N–H and O–H groups in total. The van der Waals surface area contributed by atoms with Crippen molar-refractivity contribution in [2.24, 2.45) is 0 Å². The molecular formula is C3HCl4NO. The zero-order valence-corrected chi connectivity index (χ0v) is 6.94. The van der Waals surface area contributed by atoms with Gasteiger partial charge in [-0.2, -0.15) is 0 Å². The minimum Gasteiger partial charge on any atom is -0.267 e. The lowest BCUT2D eigenvalue weighted by Gasteiger charge is -1.91. The molecule has 0 rings (SSSR count). The summed E-state index contributed by atoms with van der Waals surface area (Å²) in [5, 5.41) is -0.326. The highest BCUT2D eigenvalue weighted by Gasteiger charge is 2.07. The van der Waals surface area contributed by atoms with Crippen molar-refractivity contribution >= 4 is 52.5 Å². The number of hydrogen-bond donors (Lipinski definition) is 1. The fraction of sp³-hybridized carbons (Fsp3) is 0. The third-order valence-corrected chi connectivity index (χ3v) is 1.55. The molecule has 52 valence electrons. The van der Waals surface area contributed by atoms with Crippen molar-refractivity contribution in [1.82, 2.24) is 4.84 Å². The average molecular weight is 209 g/mol. The lowest BCUT2D eigenvalue weighted by Crippen LogP contribution is -2.11. The van der Waals surface area contributed by atoms with E-state index in [4.69, 9.17) is 46.6 Å². The first-order valence-corrected chi connectivity index (χ1v) is 3.22. The summed E-state index contributed by atoms with van der Waals surface area (Å²) in [6.45, 7) is 0. The van der Waals surface area contributed by atoms with Gasteiger partial charge in [-0.15, -0.1) is 0 Å². The van der Waals surface area contributed by atoms with Gasteiger partial charge in [-0.05, 0) is 0 Å². The molecule has 0 saturated heterocycles. The van der Waals surface area contributed by atoms with E-state index in [9.17, 15) is 4.79 Å². The molecule has 0 aromatic carbocycles. The van der Waals surface area contributed by atoms with Gasteiger partial charge in [-0.25, -0.2) is 0 Å². The predicted molar refractivity (Wildman–Crippen MR) is 38.6 cm³/mol. The highest BCUT2D eigenvalue weighted by Crippen LogP contribution is 2.17. The van der Waals surface area contributed by atoms with Gasteiger partial charge in [-0.3, -0.25) is 9.63 Å². The van der Waals surface area contributed by atoms with E-state index in [2.05, 4.69) is 0 Å². The van der Waals surface area contributed by atoms with Crippen LogP contribution in [-0.2, 0) is 4.79 Å². The van der Waals surface area contributed by atoms with Crippen molar-refractivity contribution in [3.05, 3.63) is 9.52 Å². The molecule has 0 aliphatic carbocycles. The summed E-state index contributed by atoms with van der Waals surface area (Å²) in [6.07, 6.45) is 0. The molecule has 0 radical (unpaired) electrons. The maximum absolute atomic E-state index is 10.4. The molecule has 9 heavy (non-hydrogen) atoms. The van der Waals surface area contributed by atoms with E-state index in [0.29, 0.717) is 0 Å². The van der Waals surface area contributed by atoms with Gasteiger partial charge in [-0.1, -0.05) is 34.8 Å². The number of rotatable bonds is 1. The average Bonchev–Trinajstić information content (AvgIpc) is 1.84. The smallest absolute Gasteiger partial charge is 0.267 e. The highest BCUT2D eigenvalue weighted by molar-refractivity contribution is 6.63. The van der Waals surface area contributed by atoms with Crippen LogP contribution in [0.5, 0.6) is 0 Å². The zero-order valence-electron chi connectivity index (χ0n) is 3.92. The third kappa shape index (κ3) is 3.16. The van der Waals surface area contributed by atoms with Crippen molar-refractivity contribution in [3.63, 3.8) is 0 Å². The monoisotopic (exact) mass is 207 g/mol. The maximum Gasteiger partial charge on any atom is 0.279 e. The van der Waals surface area contributed by atoms with Gasteiger partial charge < -0.3 is 0 Å². The number of nitrogens with one attached hydrogen (secondary N) is 1. The molecule has 2 nitrogen and oxygen atoms in total. The van der Waals surface area contributed by atoms with Crippen LogP contribution in [0.15, 0.2) is 9.52 Å². The molecule has 0 bridgehead atoms. The summed E-state index contributed by atoms with van der Waals surface area (Å²) in [7, 11) is 0. The summed E-state index contributed by atoms with van der Waals surface area (Å²) >= 11 is 20.2. The number of amides is 1. The van der Waals surface area contributed by atoms with Crippen molar-refractivity contribution in [1.29, 1.82) is 0 Å². The van der Waals surface area contributed by atoms with Gasteiger partial charge in [0.2, 0.25) is 0 Å². The maximum atomic E-state index is 10.4. The second-order valence-electron chi connectivity index (χ2n) is 0.998. The van der Waals surface area contributed by atoms with Gasteiger partial charge >= 0.3 is 0 Å². The lowest BCUT2D eigenvalue weighted by atomic mass is 10.6. The minimum absolute atomic E-state index is 0.310. The van der Waals surface area contributed by atoms with Gasteiger partial charge in [0.25, 0.3) is 5.91 Å². The van der Waals surface area contributed by atoms with E-state index in [1.54, 1.807) is 4.84 Å². The van der Waals surface area contributed by atoms with E-state index in [1.807, 2.05) is 0 Å². The minimum atomic E-state index is -0.724. The Labute approximate surface area is 71.8 Å². The second-order valence-corrected chi connectivity index (χ2v) is 2.51. The lowest BCUT2D eigenvalue weighted by molar-refractivity contribution is -0.115. The molecule has 0 aliphatic rings. The third-order valence-electron chi connectivity index (χ3n) is 0.451. The van der Waals surface area contributed by atoms with Crippen molar-refractivity contribution in [2.45, 2.75) is 0 Å². The first-order chi connectivity index (χ1) is 4.09. The molecular weight excluding hydrogens is 208 g/mol. The van der Waals surface area contributed by atoms with Gasteiger partial charge in [0.15, 0.2) is 0 Å². The van der Waals surface area contributed by atoms with Crippen LogP contribution >= 0.6 is 46.6 Å². The molecule has 0 aromatic rings. The number of hydrogen-bond acceptors (Lipinski definition) is 1. The van der Waals surface area contributed by atoms with Crippen molar-refractivity contribution < 1.29 is 4.79 Å². The second kappa shape index (κ2) is 4.23. The van der Waals surface area contributed by atoms with Crippen molar-refractivity contribution in [3.8, 4) is 0 Å². The number of carbonyl (C=O) groups is 1. The topological polar surface area (TPSA) is 29.1 Å². The van der Waals surface area contributed by atoms with Crippen LogP contribution < -0.4 is 4.84 Å². The molecule has 0 fully saturated rings. The molecule has 0 aliphatic heterocycles. The number of carbonyl (C=O) groups excluding carboxylic acids is 1. The van der Waals surface area contributed by atoms with Crippen molar-refractivity contribution in [2.75, 3.05) is 0 Å². The molecule has 0 saturated carbocycles. The van der Waals surface area contributed by atoms with Crippen LogP contribution in [0.1, 0.15) is 0 Å². The summed E-state index contributed by atoms with van der Waals surface area (Å²) < 4.78 is -0.310. The number of halogens is 4. The molecule has 0 unspecified atom stereocenters. The van der Waals surface area contributed by atoms with Gasteiger partial charge in [0.05, 0.1) is 0 Å². The Kier molecular flexibility index (Phi) is 4.40. The Morgan fingerprint density at radius 1 is 1.22 bits per heavy atom. The van der Waals surface area contributed by atoms with Crippen LogP contribution in [0, 0.1) is 0 Å². The van der Waals surface area contributed by atoms with Gasteiger partial charge in [0.1, 0.15) is 9.52 Å². The Morgan fingerprint density at radius 3 is 1.78 bits per heavy atom. The summed E-state index contributed by atoms with van der Waals surface area (Å²) in [6, 6.07) is 0. The standard InChI is InChI=1S/C3HCl4NO/c4-1(2(5)6)3(9)8-7/h(H,8,9). The fourth-order valence-corrected chi connectivity index (χ4v) is 0.489. The predicted octanol–water partition coefficient (Wildman–Crippen LogP) is 2.14. The first-order valence-electron chi connectivity index (χ1n) is 1.71. The van der Waals surface area contributed by atoms with Crippen LogP contribution in [0.3, 0.4) is 0 Å². The zero-order chi connectivity index (χ0) is 7.44.